The topological polar surface area (TPSA) is 42.0 Å². The molecule has 0 aliphatic carbocycles. The van der Waals surface area contributed by atoms with E-state index in [9.17, 15) is 4.79 Å². The van der Waals surface area contributed by atoms with Gasteiger partial charge >= 0.3 is 0 Å². The van der Waals surface area contributed by atoms with E-state index in [0.717, 1.165) is 42.3 Å². The van der Waals surface area contributed by atoms with Gasteiger partial charge in [-0.25, -0.2) is 0 Å². The molecule has 2 aromatic carbocycles. The first-order valence-corrected chi connectivity index (χ1v) is 10.7. The van der Waals surface area contributed by atoms with Gasteiger partial charge in [0.2, 0.25) is 6.79 Å². The van der Waals surface area contributed by atoms with Crippen LogP contribution in [0.5, 0.6) is 11.5 Å². The second-order valence-electron chi connectivity index (χ2n) is 8.90. The third kappa shape index (κ3) is 2.67. The Bertz CT molecular complexity index is 966. The van der Waals surface area contributed by atoms with Crippen molar-refractivity contribution in [1.82, 2.24) is 9.80 Å². The summed E-state index contributed by atoms with van der Waals surface area (Å²) in [4.78, 5) is 18.4. The lowest BCUT2D eigenvalue weighted by Crippen LogP contribution is -2.60. The number of hydrogen-bond donors (Lipinski definition) is 0. The van der Waals surface area contributed by atoms with E-state index in [1.165, 1.54) is 18.4 Å². The van der Waals surface area contributed by atoms with E-state index in [2.05, 4.69) is 21.9 Å². The van der Waals surface area contributed by atoms with Crippen molar-refractivity contribution in [2.24, 2.45) is 5.92 Å². The minimum absolute atomic E-state index is 0.181. The zero-order chi connectivity index (χ0) is 19.5. The molecule has 4 fully saturated rings. The fourth-order valence-electron chi connectivity index (χ4n) is 6.04. The summed E-state index contributed by atoms with van der Waals surface area (Å²) in [6.45, 7) is 5.42. The van der Waals surface area contributed by atoms with Gasteiger partial charge in [0.25, 0.3) is 5.91 Å². The third-order valence-corrected chi connectivity index (χ3v) is 7.34. The fraction of sp³-hybridized carbons (Fsp3) is 0.458. The van der Waals surface area contributed by atoms with Crippen LogP contribution in [0.3, 0.4) is 0 Å². The summed E-state index contributed by atoms with van der Waals surface area (Å²) in [5.41, 5.74) is 3.20. The molecule has 5 nitrogen and oxygen atoms in total. The van der Waals surface area contributed by atoms with Crippen LogP contribution in [0.25, 0.3) is 0 Å². The average molecular weight is 390 g/mol. The molecular weight excluding hydrogens is 364 g/mol. The molecule has 150 valence electrons. The molecule has 3 atom stereocenters. The standard InChI is InChI=1S/C24H26N2O3/c1-15-3-2-4-18(11-15)24(27)26-13-19(17-5-6-20-21(12-17)29-14-28-20)23-22(26)16-7-9-25(23)10-8-16/h2-6,11-12,16,19,22-23H,7-10,13-14H2,1H3/t19-,22+,23+/m0/s1. The van der Waals surface area contributed by atoms with Crippen molar-refractivity contribution in [3.63, 3.8) is 0 Å². The Morgan fingerprint density at radius 2 is 1.83 bits per heavy atom. The number of aryl methyl sites for hydroxylation is 1. The number of carbonyl (C=O) groups is 1. The number of fused-ring (bicyclic) bond motifs is 3. The molecule has 5 aliphatic rings. The van der Waals surface area contributed by atoms with Gasteiger partial charge in [0.05, 0.1) is 6.04 Å². The van der Waals surface area contributed by atoms with Crippen LogP contribution in [0.1, 0.15) is 40.2 Å². The van der Waals surface area contributed by atoms with Crippen molar-refractivity contribution in [2.75, 3.05) is 26.4 Å². The molecule has 1 amide bonds. The van der Waals surface area contributed by atoms with Gasteiger partial charge in [-0.15, -0.1) is 0 Å². The number of nitrogens with zero attached hydrogens (tertiary/aromatic N) is 2. The molecule has 5 heteroatoms. The highest BCUT2D eigenvalue weighted by atomic mass is 16.7. The lowest BCUT2D eigenvalue weighted by molar-refractivity contribution is -0.00341. The number of rotatable bonds is 2. The Balaban J connectivity index is 1.38. The van der Waals surface area contributed by atoms with E-state index in [4.69, 9.17) is 9.47 Å². The van der Waals surface area contributed by atoms with Crippen molar-refractivity contribution in [2.45, 2.75) is 37.8 Å². The number of amides is 1. The summed E-state index contributed by atoms with van der Waals surface area (Å²) >= 11 is 0. The van der Waals surface area contributed by atoms with Crippen LogP contribution in [0.15, 0.2) is 42.5 Å². The molecule has 0 radical (unpaired) electrons. The quantitative estimate of drug-likeness (QED) is 0.788. The van der Waals surface area contributed by atoms with Gasteiger partial charge in [-0.3, -0.25) is 9.69 Å². The molecule has 0 aromatic heterocycles. The van der Waals surface area contributed by atoms with Crippen molar-refractivity contribution in [3.8, 4) is 11.5 Å². The SMILES string of the molecule is Cc1cccc(C(=O)N2C[C@@H](c3ccc4c(c3)OCO4)[C@@H]3[C@H]2C2CCN3CC2)c1. The Morgan fingerprint density at radius 1 is 1.00 bits per heavy atom. The first-order valence-electron chi connectivity index (χ1n) is 10.7. The van der Waals surface area contributed by atoms with Crippen LogP contribution < -0.4 is 9.47 Å². The zero-order valence-electron chi connectivity index (χ0n) is 16.7. The summed E-state index contributed by atoms with van der Waals surface area (Å²) < 4.78 is 11.1. The molecular formula is C24H26N2O3. The molecule has 2 bridgehead atoms. The van der Waals surface area contributed by atoms with Gasteiger partial charge in [0.15, 0.2) is 11.5 Å². The largest absolute Gasteiger partial charge is 0.454 e. The fourth-order valence-corrected chi connectivity index (χ4v) is 6.04. The number of benzene rings is 2. The lowest BCUT2D eigenvalue weighted by atomic mass is 9.75. The third-order valence-electron chi connectivity index (χ3n) is 7.34. The molecule has 0 saturated carbocycles. The number of ether oxygens (including phenoxy) is 2. The van der Waals surface area contributed by atoms with Gasteiger partial charge in [-0.2, -0.15) is 0 Å². The van der Waals surface area contributed by atoms with E-state index < -0.39 is 0 Å². The van der Waals surface area contributed by atoms with Crippen LogP contribution in [0.4, 0.5) is 0 Å². The predicted octanol–water partition coefficient (Wildman–Crippen LogP) is 3.43. The molecule has 0 N–H and O–H groups in total. The summed E-state index contributed by atoms with van der Waals surface area (Å²) in [5, 5.41) is 0. The highest BCUT2D eigenvalue weighted by molar-refractivity contribution is 5.95. The molecule has 5 aliphatic heterocycles. The van der Waals surface area contributed by atoms with Crippen molar-refractivity contribution >= 4 is 5.91 Å². The molecule has 4 saturated heterocycles. The molecule has 29 heavy (non-hydrogen) atoms. The number of likely N-dealkylation sites (tertiary alicyclic amines) is 1. The van der Waals surface area contributed by atoms with Crippen LogP contribution >= 0.6 is 0 Å². The van der Waals surface area contributed by atoms with Crippen LogP contribution in [0.2, 0.25) is 0 Å². The van der Waals surface area contributed by atoms with Gasteiger partial charge in [-0.05, 0) is 68.6 Å². The Labute approximate surface area is 171 Å². The number of carbonyl (C=O) groups excluding carboxylic acids is 1. The van der Waals surface area contributed by atoms with E-state index in [1.54, 1.807) is 0 Å². The smallest absolute Gasteiger partial charge is 0.254 e. The van der Waals surface area contributed by atoms with Gasteiger partial charge in [-0.1, -0.05) is 23.8 Å². The molecule has 0 spiro atoms. The average Bonchev–Trinajstić information content (AvgIpc) is 3.39. The molecule has 5 heterocycles. The van der Waals surface area contributed by atoms with E-state index in [1.807, 2.05) is 37.3 Å². The molecule has 0 unspecified atom stereocenters. The summed E-state index contributed by atoms with van der Waals surface area (Å²) in [6.07, 6.45) is 2.40. The Morgan fingerprint density at radius 3 is 2.66 bits per heavy atom. The van der Waals surface area contributed by atoms with Crippen molar-refractivity contribution in [1.29, 1.82) is 0 Å². The predicted molar refractivity (Wildman–Crippen MR) is 109 cm³/mol. The molecule has 7 rings (SSSR count). The van der Waals surface area contributed by atoms with E-state index in [0.29, 0.717) is 30.7 Å². The Hall–Kier alpha value is -2.53. The van der Waals surface area contributed by atoms with Gasteiger partial charge in [0, 0.05) is 24.1 Å². The Kier molecular flexibility index (Phi) is 3.88. The maximum atomic E-state index is 13.6. The van der Waals surface area contributed by atoms with E-state index in [-0.39, 0.29) is 5.91 Å². The van der Waals surface area contributed by atoms with Crippen molar-refractivity contribution < 1.29 is 14.3 Å². The van der Waals surface area contributed by atoms with Gasteiger partial charge in [0.1, 0.15) is 0 Å². The molecule has 2 aromatic rings. The van der Waals surface area contributed by atoms with E-state index >= 15 is 0 Å². The lowest BCUT2D eigenvalue weighted by Gasteiger charge is -2.51. The number of hydrogen-bond acceptors (Lipinski definition) is 4. The van der Waals surface area contributed by atoms with Crippen LogP contribution in [-0.2, 0) is 0 Å². The normalized spacial score (nSPS) is 31.8. The minimum Gasteiger partial charge on any atom is -0.454 e. The summed E-state index contributed by atoms with van der Waals surface area (Å²) in [7, 11) is 0. The first kappa shape index (κ1) is 17.3. The second kappa shape index (κ2) is 6.49. The summed E-state index contributed by atoms with van der Waals surface area (Å²) in [6, 6.07) is 15.0. The van der Waals surface area contributed by atoms with Crippen LogP contribution in [0, 0.1) is 12.8 Å². The highest BCUT2D eigenvalue weighted by Crippen LogP contribution is 2.48. The summed E-state index contributed by atoms with van der Waals surface area (Å²) in [5.74, 6) is 2.75. The van der Waals surface area contributed by atoms with Crippen molar-refractivity contribution in [3.05, 3.63) is 59.2 Å². The highest BCUT2D eigenvalue weighted by Gasteiger charge is 2.54. The number of piperidine rings is 3. The second-order valence-corrected chi connectivity index (χ2v) is 8.90. The monoisotopic (exact) mass is 390 g/mol. The minimum atomic E-state index is 0.181. The maximum Gasteiger partial charge on any atom is 0.254 e. The van der Waals surface area contributed by atoms with Gasteiger partial charge < -0.3 is 14.4 Å². The zero-order valence-corrected chi connectivity index (χ0v) is 16.7. The maximum absolute atomic E-state index is 13.6. The van der Waals surface area contributed by atoms with Crippen LogP contribution in [-0.4, -0.2) is 54.2 Å². The first-order chi connectivity index (χ1) is 14.2.